The lowest BCUT2D eigenvalue weighted by Crippen LogP contribution is -2.26. The van der Waals surface area contributed by atoms with Gasteiger partial charge in [0.1, 0.15) is 0 Å². The zero-order valence-electron chi connectivity index (χ0n) is 12.6. The fourth-order valence-corrected chi connectivity index (χ4v) is 3.59. The minimum Gasteiger partial charge on any atom is -0.381 e. The predicted molar refractivity (Wildman–Crippen MR) is 83.0 cm³/mol. The molecule has 1 N–H and O–H groups in total. The highest BCUT2D eigenvalue weighted by Crippen LogP contribution is 2.40. The lowest BCUT2D eigenvalue weighted by Gasteiger charge is -2.31. The summed E-state index contributed by atoms with van der Waals surface area (Å²) in [5.41, 5.74) is 3.15. The Morgan fingerprint density at radius 2 is 2.10 bits per heavy atom. The lowest BCUT2D eigenvalue weighted by atomic mass is 9.76. The number of hydrogen-bond donors (Lipinski definition) is 1. The second-order valence-electron chi connectivity index (χ2n) is 6.33. The summed E-state index contributed by atoms with van der Waals surface area (Å²) in [6, 6.07) is 9.61. The molecule has 1 aliphatic heterocycles. The van der Waals surface area contributed by atoms with Gasteiger partial charge in [-0.25, -0.2) is 0 Å². The van der Waals surface area contributed by atoms with Crippen molar-refractivity contribution in [3.8, 4) is 0 Å². The van der Waals surface area contributed by atoms with Crippen LogP contribution in [0.5, 0.6) is 0 Å². The molecule has 1 aromatic carbocycles. The van der Waals surface area contributed by atoms with Crippen molar-refractivity contribution in [3.63, 3.8) is 0 Å². The minimum atomic E-state index is 0.503. The van der Waals surface area contributed by atoms with Gasteiger partial charge in [-0.05, 0) is 55.2 Å². The average molecular weight is 273 g/mol. The Bertz CT molecular complexity index is 421. The normalized spacial score (nSPS) is 24.6. The van der Waals surface area contributed by atoms with Crippen molar-refractivity contribution in [2.45, 2.75) is 51.0 Å². The summed E-state index contributed by atoms with van der Waals surface area (Å²) < 4.78 is 5.55. The first-order chi connectivity index (χ1) is 9.88. The molecular weight excluding hydrogens is 246 g/mol. The number of hydrogen-bond acceptors (Lipinski definition) is 2. The molecule has 1 aromatic rings. The number of benzene rings is 1. The van der Waals surface area contributed by atoms with Gasteiger partial charge < -0.3 is 10.1 Å². The van der Waals surface area contributed by atoms with Gasteiger partial charge in [-0.3, -0.25) is 0 Å². The Morgan fingerprint density at radius 1 is 1.25 bits per heavy atom. The molecule has 1 heterocycles. The van der Waals surface area contributed by atoms with E-state index < -0.39 is 0 Å². The van der Waals surface area contributed by atoms with Crippen molar-refractivity contribution in [3.05, 3.63) is 35.4 Å². The van der Waals surface area contributed by atoms with Crippen molar-refractivity contribution in [2.24, 2.45) is 5.92 Å². The van der Waals surface area contributed by atoms with Crippen LogP contribution in [0.4, 0.5) is 0 Å². The van der Waals surface area contributed by atoms with E-state index in [1.807, 2.05) is 0 Å². The zero-order chi connectivity index (χ0) is 13.8. The van der Waals surface area contributed by atoms with E-state index in [1.165, 1.54) is 32.1 Å². The predicted octanol–water partition coefficient (Wildman–Crippen LogP) is 4.03. The summed E-state index contributed by atoms with van der Waals surface area (Å²) in [6.07, 6.45) is 6.61. The summed E-state index contributed by atoms with van der Waals surface area (Å²) in [7, 11) is 0. The minimum absolute atomic E-state index is 0.503. The molecule has 0 radical (unpaired) electrons. The van der Waals surface area contributed by atoms with E-state index in [9.17, 15) is 0 Å². The molecular formula is C18H27NO. The van der Waals surface area contributed by atoms with Gasteiger partial charge in [0.15, 0.2) is 0 Å². The zero-order valence-corrected chi connectivity index (χ0v) is 12.6. The topological polar surface area (TPSA) is 21.3 Å². The Kier molecular flexibility index (Phi) is 4.74. The SMILES string of the molecule is CCNC(CC1CCOC1)c1ccccc1C1CCC1. The molecule has 2 aliphatic rings. The van der Waals surface area contributed by atoms with Crippen molar-refractivity contribution in [1.82, 2.24) is 5.32 Å². The molecule has 0 bridgehead atoms. The summed E-state index contributed by atoms with van der Waals surface area (Å²) in [5, 5.41) is 3.71. The van der Waals surface area contributed by atoms with Crippen molar-refractivity contribution < 1.29 is 4.74 Å². The third-order valence-corrected chi connectivity index (χ3v) is 4.96. The van der Waals surface area contributed by atoms with Gasteiger partial charge in [-0.15, -0.1) is 0 Å². The lowest BCUT2D eigenvalue weighted by molar-refractivity contribution is 0.181. The van der Waals surface area contributed by atoms with Gasteiger partial charge in [-0.1, -0.05) is 37.6 Å². The third kappa shape index (κ3) is 3.07. The summed E-state index contributed by atoms with van der Waals surface area (Å²) in [6.45, 7) is 5.16. The van der Waals surface area contributed by atoms with Crippen LogP contribution in [-0.2, 0) is 4.74 Å². The molecule has 2 atom stereocenters. The second kappa shape index (κ2) is 6.73. The standard InChI is InChI=1S/C18H27NO/c1-2-19-18(12-14-10-11-20-13-14)17-9-4-3-8-16(17)15-6-5-7-15/h3-4,8-9,14-15,18-19H,2,5-7,10-13H2,1H3. The quantitative estimate of drug-likeness (QED) is 0.845. The first-order valence-electron chi connectivity index (χ1n) is 8.28. The van der Waals surface area contributed by atoms with Crippen LogP contribution in [0.15, 0.2) is 24.3 Å². The highest BCUT2D eigenvalue weighted by molar-refractivity contribution is 5.34. The molecule has 110 valence electrons. The van der Waals surface area contributed by atoms with Crippen molar-refractivity contribution in [2.75, 3.05) is 19.8 Å². The van der Waals surface area contributed by atoms with E-state index in [-0.39, 0.29) is 0 Å². The summed E-state index contributed by atoms with van der Waals surface area (Å²) in [4.78, 5) is 0. The molecule has 2 fully saturated rings. The van der Waals surface area contributed by atoms with E-state index in [4.69, 9.17) is 4.74 Å². The highest BCUT2D eigenvalue weighted by Gasteiger charge is 2.27. The number of rotatable bonds is 6. The maximum absolute atomic E-state index is 5.55. The maximum atomic E-state index is 5.55. The number of nitrogens with one attached hydrogen (secondary N) is 1. The highest BCUT2D eigenvalue weighted by atomic mass is 16.5. The summed E-state index contributed by atoms with van der Waals surface area (Å²) >= 11 is 0. The van der Waals surface area contributed by atoms with Gasteiger partial charge >= 0.3 is 0 Å². The van der Waals surface area contributed by atoms with E-state index in [0.29, 0.717) is 6.04 Å². The Labute approximate surface area is 122 Å². The fraction of sp³-hybridized carbons (Fsp3) is 0.667. The molecule has 1 saturated carbocycles. The maximum Gasteiger partial charge on any atom is 0.0495 e. The van der Waals surface area contributed by atoms with Gasteiger partial charge in [0.2, 0.25) is 0 Å². The van der Waals surface area contributed by atoms with E-state index in [2.05, 4.69) is 36.5 Å². The first kappa shape index (κ1) is 14.1. The molecule has 20 heavy (non-hydrogen) atoms. The van der Waals surface area contributed by atoms with Gasteiger partial charge in [0, 0.05) is 19.3 Å². The molecule has 0 amide bonds. The van der Waals surface area contributed by atoms with Gasteiger partial charge in [0.25, 0.3) is 0 Å². The van der Waals surface area contributed by atoms with Crippen LogP contribution in [0.1, 0.15) is 62.1 Å². The van der Waals surface area contributed by atoms with E-state index in [0.717, 1.165) is 31.6 Å². The molecule has 1 aliphatic carbocycles. The van der Waals surface area contributed by atoms with Crippen molar-refractivity contribution in [1.29, 1.82) is 0 Å². The molecule has 1 saturated heterocycles. The van der Waals surface area contributed by atoms with Crippen molar-refractivity contribution >= 4 is 0 Å². The number of ether oxygens (including phenoxy) is 1. The Morgan fingerprint density at radius 3 is 2.75 bits per heavy atom. The molecule has 2 unspecified atom stereocenters. The largest absolute Gasteiger partial charge is 0.381 e. The smallest absolute Gasteiger partial charge is 0.0495 e. The van der Waals surface area contributed by atoms with Crippen LogP contribution in [0.25, 0.3) is 0 Å². The van der Waals surface area contributed by atoms with Gasteiger partial charge in [0.05, 0.1) is 0 Å². The van der Waals surface area contributed by atoms with Crippen LogP contribution in [-0.4, -0.2) is 19.8 Å². The monoisotopic (exact) mass is 273 g/mol. The Hall–Kier alpha value is -0.860. The van der Waals surface area contributed by atoms with Crippen LogP contribution >= 0.6 is 0 Å². The van der Waals surface area contributed by atoms with Crippen LogP contribution in [0, 0.1) is 5.92 Å². The Balaban J connectivity index is 1.78. The van der Waals surface area contributed by atoms with E-state index >= 15 is 0 Å². The first-order valence-corrected chi connectivity index (χ1v) is 8.28. The molecule has 2 heteroatoms. The second-order valence-corrected chi connectivity index (χ2v) is 6.33. The molecule has 0 aromatic heterocycles. The fourth-order valence-electron chi connectivity index (χ4n) is 3.59. The van der Waals surface area contributed by atoms with Crippen LogP contribution < -0.4 is 5.32 Å². The van der Waals surface area contributed by atoms with Gasteiger partial charge in [-0.2, -0.15) is 0 Å². The molecule has 2 nitrogen and oxygen atoms in total. The molecule has 0 spiro atoms. The van der Waals surface area contributed by atoms with E-state index in [1.54, 1.807) is 11.1 Å². The van der Waals surface area contributed by atoms with Crippen LogP contribution in [0.2, 0.25) is 0 Å². The summed E-state index contributed by atoms with van der Waals surface area (Å²) in [5.74, 6) is 1.54. The molecule has 3 rings (SSSR count). The average Bonchev–Trinajstić information content (AvgIpc) is 2.90. The third-order valence-electron chi connectivity index (χ3n) is 4.96. The van der Waals surface area contributed by atoms with Crippen LogP contribution in [0.3, 0.4) is 0 Å².